The summed E-state index contributed by atoms with van der Waals surface area (Å²) < 4.78 is 27.2. The molecule has 0 saturated heterocycles. The predicted molar refractivity (Wildman–Crippen MR) is 135 cm³/mol. The number of thioether (sulfide) groups is 1. The first-order chi connectivity index (χ1) is 16.4. The van der Waals surface area contributed by atoms with Crippen molar-refractivity contribution >= 4 is 44.0 Å². The van der Waals surface area contributed by atoms with Crippen LogP contribution >= 0.6 is 23.1 Å². The second kappa shape index (κ2) is 10.5. The van der Waals surface area contributed by atoms with Crippen molar-refractivity contribution in [1.82, 2.24) is 19.7 Å². The molecule has 0 radical (unpaired) electrons. The van der Waals surface area contributed by atoms with Gasteiger partial charge in [0.2, 0.25) is 5.91 Å². The van der Waals surface area contributed by atoms with Crippen molar-refractivity contribution in [2.24, 2.45) is 0 Å². The standard InChI is InChI=1S/C23H23N5O3S3/c1-3-28-20(15-34(30,31)18-12-8-5-9-13-18)26-27-23(28)33-16(2)21(29)25-22-24-19(14-32-22)17-10-6-4-7-11-17/h4-14,16H,3,15H2,1-2H3,(H,24,25,29). The maximum absolute atomic E-state index is 12.8. The van der Waals surface area contributed by atoms with Gasteiger partial charge in [-0.1, -0.05) is 60.3 Å². The van der Waals surface area contributed by atoms with Gasteiger partial charge in [0.1, 0.15) is 11.6 Å². The number of thiazole rings is 1. The quantitative estimate of drug-likeness (QED) is 0.328. The minimum atomic E-state index is -3.56. The number of aromatic nitrogens is 4. The zero-order valence-corrected chi connectivity index (χ0v) is 21.0. The molecular weight excluding hydrogens is 490 g/mol. The van der Waals surface area contributed by atoms with Crippen molar-refractivity contribution in [3.8, 4) is 11.3 Å². The molecule has 176 valence electrons. The first-order valence-corrected chi connectivity index (χ1v) is 14.0. The van der Waals surface area contributed by atoms with E-state index in [1.807, 2.05) is 42.6 Å². The van der Waals surface area contributed by atoms with Gasteiger partial charge in [-0.2, -0.15) is 0 Å². The minimum Gasteiger partial charge on any atom is -0.305 e. The van der Waals surface area contributed by atoms with E-state index in [1.165, 1.54) is 23.1 Å². The second-order valence-corrected chi connectivity index (χ2v) is 11.5. The summed E-state index contributed by atoms with van der Waals surface area (Å²) in [5.74, 6) is -0.141. The lowest BCUT2D eigenvalue weighted by Crippen LogP contribution is -2.23. The number of hydrogen-bond donors (Lipinski definition) is 1. The van der Waals surface area contributed by atoms with E-state index < -0.39 is 15.1 Å². The van der Waals surface area contributed by atoms with Crippen LogP contribution in [0.25, 0.3) is 11.3 Å². The predicted octanol–water partition coefficient (Wildman–Crippen LogP) is 4.51. The van der Waals surface area contributed by atoms with Crippen LogP contribution in [-0.2, 0) is 26.9 Å². The van der Waals surface area contributed by atoms with Crippen molar-refractivity contribution in [3.05, 3.63) is 71.9 Å². The highest BCUT2D eigenvalue weighted by molar-refractivity contribution is 8.00. The minimum absolute atomic E-state index is 0.219. The number of carbonyl (C=O) groups is 1. The third-order valence-electron chi connectivity index (χ3n) is 4.99. The normalized spacial score (nSPS) is 12.4. The summed E-state index contributed by atoms with van der Waals surface area (Å²) in [4.78, 5) is 17.5. The topological polar surface area (TPSA) is 107 Å². The van der Waals surface area contributed by atoms with E-state index in [2.05, 4.69) is 20.5 Å². The average molecular weight is 514 g/mol. The Hall–Kier alpha value is -3.02. The Bertz CT molecular complexity index is 1370. The van der Waals surface area contributed by atoms with Crippen LogP contribution in [0.1, 0.15) is 19.7 Å². The first-order valence-electron chi connectivity index (χ1n) is 10.6. The van der Waals surface area contributed by atoms with Gasteiger partial charge >= 0.3 is 0 Å². The van der Waals surface area contributed by atoms with Gasteiger partial charge in [0.25, 0.3) is 0 Å². The lowest BCUT2D eigenvalue weighted by molar-refractivity contribution is -0.115. The maximum Gasteiger partial charge on any atom is 0.239 e. The Kier molecular flexibility index (Phi) is 7.44. The van der Waals surface area contributed by atoms with E-state index in [0.29, 0.717) is 22.7 Å². The molecule has 4 aromatic rings. The fourth-order valence-electron chi connectivity index (χ4n) is 3.20. The molecule has 0 fully saturated rings. The van der Waals surface area contributed by atoms with Crippen LogP contribution < -0.4 is 5.32 Å². The molecule has 2 aromatic carbocycles. The molecule has 0 aliphatic heterocycles. The Morgan fingerprint density at radius 2 is 1.76 bits per heavy atom. The molecule has 0 aliphatic carbocycles. The van der Waals surface area contributed by atoms with Crippen molar-refractivity contribution in [2.45, 2.75) is 41.4 Å². The van der Waals surface area contributed by atoms with Crippen LogP contribution in [-0.4, -0.2) is 39.3 Å². The van der Waals surface area contributed by atoms with Gasteiger partial charge in [0, 0.05) is 17.5 Å². The van der Waals surface area contributed by atoms with Gasteiger partial charge in [-0.3, -0.25) is 4.79 Å². The molecule has 1 unspecified atom stereocenters. The Morgan fingerprint density at radius 3 is 2.44 bits per heavy atom. The molecule has 0 spiro atoms. The molecule has 34 heavy (non-hydrogen) atoms. The Balaban J connectivity index is 1.43. The Morgan fingerprint density at radius 1 is 1.09 bits per heavy atom. The number of nitrogens with one attached hydrogen (secondary N) is 1. The highest BCUT2D eigenvalue weighted by atomic mass is 32.2. The summed E-state index contributed by atoms with van der Waals surface area (Å²) >= 11 is 2.59. The van der Waals surface area contributed by atoms with Crippen molar-refractivity contribution < 1.29 is 13.2 Å². The molecule has 1 amide bonds. The molecule has 0 saturated carbocycles. The monoisotopic (exact) mass is 513 g/mol. The van der Waals surface area contributed by atoms with Gasteiger partial charge in [-0.05, 0) is 26.0 Å². The Labute approximate surface area is 206 Å². The molecular formula is C23H23N5O3S3. The van der Waals surface area contributed by atoms with Gasteiger partial charge < -0.3 is 9.88 Å². The second-order valence-electron chi connectivity index (χ2n) is 7.37. The number of anilines is 1. The zero-order valence-electron chi connectivity index (χ0n) is 18.6. The molecule has 0 aliphatic rings. The summed E-state index contributed by atoms with van der Waals surface area (Å²) in [6, 6.07) is 18.0. The van der Waals surface area contributed by atoms with Crippen LogP contribution in [0.2, 0.25) is 0 Å². The first kappa shape index (κ1) is 24.1. The lowest BCUT2D eigenvalue weighted by Gasteiger charge is -2.12. The fourth-order valence-corrected chi connectivity index (χ4v) is 6.15. The number of carbonyl (C=O) groups excluding carboxylic acids is 1. The summed E-state index contributed by atoms with van der Waals surface area (Å²) in [6.07, 6.45) is 0. The molecule has 0 bridgehead atoms. The van der Waals surface area contributed by atoms with Gasteiger partial charge in [-0.15, -0.1) is 21.5 Å². The molecule has 2 heterocycles. The number of rotatable bonds is 9. The molecule has 8 nitrogen and oxygen atoms in total. The van der Waals surface area contributed by atoms with E-state index in [4.69, 9.17) is 0 Å². The number of benzene rings is 2. The summed E-state index contributed by atoms with van der Waals surface area (Å²) in [7, 11) is -3.56. The SMILES string of the molecule is CCn1c(CS(=O)(=O)c2ccccc2)nnc1SC(C)C(=O)Nc1nc(-c2ccccc2)cs1. The summed E-state index contributed by atoms with van der Waals surface area (Å²) in [6.45, 7) is 4.13. The van der Waals surface area contributed by atoms with Crippen LogP contribution in [0.3, 0.4) is 0 Å². The van der Waals surface area contributed by atoms with Crippen LogP contribution in [0.4, 0.5) is 5.13 Å². The van der Waals surface area contributed by atoms with E-state index >= 15 is 0 Å². The smallest absolute Gasteiger partial charge is 0.239 e. The van der Waals surface area contributed by atoms with E-state index in [1.54, 1.807) is 41.8 Å². The van der Waals surface area contributed by atoms with E-state index in [0.717, 1.165) is 11.3 Å². The lowest BCUT2D eigenvalue weighted by atomic mass is 10.2. The summed E-state index contributed by atoms with van der Waals surface area (Å²) in [5, 5.41) is 13.5. The molecule has 11 heteroatoms. The van der Waals surface area contributed by atoms with Gasteiger partial charge in [-0.25, -0.2) is 13.4 Å². The molecule has 1 N–H and O–H groups in total. The van der Waals surface area contributed by atoms with Crippen LogP contribution in [0.5, 0.6) is 0 Å². The number of amides is 1. The van der Waals surface area contributed by atoms with Gasteiger partial charge in [0.05, 0.1) is 15.8 Å². The van der Waals surface area contributed by atoms with Crippen molar-refractivity contribution in [3.63, 3.8) is 0 Å². The third kappa shape index (κ3) is 5.54. The number of hydrogen-bond acceptors (Lipinski definition) is 8. The third-order valence-corrected chi connectivity index (χ3v) is 8.45. The molecule has 1 atom stereocenters. The molecule has 2 aromatic heterocycles. The van der Waals surface area contributed by atoms with Crippen LogP contribution in [0.15, 0.2) is 76.1 Å². The molecule has 4 rings (SSSR count). The number of sulfone groups is 1. The van der Waals surface area contributed by atoms with Crippen molar-refractivity contribution in [2.75, 3.05) is 5.32 Å². The van der Waals surface area contributed by atoms with Crippen LogP contribution in [0, 0.1) is 0 Å². The maximum atomic E-state index is 12.8. The number of nitrogens with zero attached hydrogens (tertiary/aromatic N) is 4. The van der Waals surface area contributed by atoms with Gasteiger partial charge in [0.15, 0.2) is 20.1 Å². The highest BCUT2D eigenvalue weighted by Crippen LogP contribution is 2.27. The zero-order chi connectivity index (χ0) is 24.1. The summed E-state index contributed by atoms with van der Waals surface area (Å²) in [5.41, 5.74) is 1.78. The van der Waals surface area contributed by atoms with Crippen molar-refractivity contribution in [1.29, 1.82) is 0 Å². The fraction of sp³-hybridized carbons (Fsp3) is 0.217. The largest absolute Gasteiger partial charge is 0.305 e. The average Bonchev–Trinajstić information content (AvgIpc) is 3.46. The van der Waals surface area contributed by atoms with E-state index in [-0.39, 0.29) is 16.6 Å². The highest BCUT2D eigenvalue weighted by Gasteiger charge is 2.24. The van der Waals surface area contributed by atoms with E-state index in [9.17, 15) is 13.2 Å².